The number of carbonyl (C=O) groups is 1. The lowest BCUT2D eigenvalue weighted by Crippen LogP contribution is -2.11. The van der Waals surface area contributed by atoms with Gasteiger partial charge in [-0.3, -0.25) is 4.79 Å². The van der Waals surface area contributed by atoms with Gasteiger partial charge in [-0.1, -0.05) is 30.2 Å². The van der Waals surface area contributed by atoms with Crippen LogP contribution in [-0.2, 0) is 0 Å². The molecule has 0 radical (unpaired) electrons. The van der Waals surface area contributed by atoms with Gasteiger partial charge in [-0.2, -0.15) is 0 Å². The molecule has 24 heavy (non-hydrogen) atoms. The van der Waals surface area contributed by atoms with E-state index in [-0.39, 0.29) is 5.91 Å². The second-order valence-corrected chi connectivity index (χ2v) is 5.12. The number of nitrogens with one attached hydrogen (secondary N) is 1. The molecular weight excluding hydrogens is 298 g/mol. The van der Waals surface area contributed by atoms with Gasteiger partial charge < -0.3 is 10.1 Å². The summed E-state index contributed by atoms with van der Waals surface area (Å²) in [7, 11) is 0. The molecule has 3 nitrogen and oxygen atoms in total. The molecule has 0 saturated heterocycles. The number of benzene rings is 3. The predicted octanol–water partition coefficient (Wildman–Crippen LogP) is 4.71. The number of anilines is 1. The second-order valence-electron chi connectivity index (χ2n) is 5.12. The van der Waals surface area contributed by atoms with E-state index < -0.39 is 0 Å². The Kier molecular flexibility index (Phi) is 4.60. The van der Waals surface area contributed by atoms with Crippen LogP contribution in [0.1, 0.15) is 15.9 Å². The summed E-state index contributed by atoms with van der Waals surface area (Å²) < 4.78 is 5.71. The molecule has 0 heterocycles. The third kappa shape index (κ3) is 3.82. The van der Waals surface area contributed by atoms with Gasteiger partial charge in [-0.25, -0.2) is 0 Å². The maximum absolute atomic E-state index is 12.3. The summed E-state index contributed by atoms with van der Waals surface area (Å²) in [6.45, 7) is 0. The molecule has 0 aliphatic heterocycles. The second kappa shape index (κ2) is 7.17. The van der Waals surface area contributed by atoms with Crippen LogP contribution in [0.5, 0.6) is 11.5 Å². The monoisotopic (exact) mass is 313 g/mol. The Hall–Kier alpha value is -3.51. The van der Waals surface area contributed by atoms with Gasteiger partial charge >= 0.3 is 0 Å². The minimum atomic E-state index is -0.199. The van der Waals surface area contributed by atoms with Crippen molar-refractivity contribution in [1.29, 1.82) is 0 Å². The lowest BCUT2D eigenvalue weighted by molar-refractivity contribution is 0.102. The van der Waals surface area contributed by atoms with Crippen LogP contribution in [0.25, 0.3) is 0 Å². The molecule has 0 spiro atoms. The molecule has 0 aliphatic rings. The molecule has 116 valence electrons. The summed E-state index contributed by atoms with van der Waals surface area (Å²) >= 11 is 0. The van der Waals surface area contributed by atoms with Crippen LogP contribution in [0.4, 0.5) is 5.69 Å². The Balaban J connectivity index is 1.68. The number of hydrogen-bond donors (Lipinski definition) is 1. The van der Waals surface area contributed by atoms with E-state index in [0.717, 1.165) is 11.3 Å². The number of terminal acetylenes is 1. The largest absolute Gasteiger partial charge is 0.457 e. The van der Waals surface area contributed by atoms with Crippen molar-refractivity contribution < 1.29 is 9.53 Å². The summed E-state index contributed by atoms with van der Waals surface area (Å²) in [5.41, 5.74) is 1.93. The van der Waals surface area contributed by atoms with Crippen molar-refractivity contribution in [2.75, 3.05) is 5.32 Å². The molecule has 0 aromatic heterocycles. The van der Waals surface area contributed by atoms with Gasteiger partial charge in [0, 0.05) is 16.8 Å². The van der Waals surface area contributed by atoms with E-state index in [1.165, 1.54) is 0 Å². The summed E-state index contributed by atoms with van der Waals surface area (Å²) in [6.07, 6.45) is 5.36. The van der Waals surface area contributed by atoms with Crippen molar-refractivity contribution in [3.63, 3.8) is 0 Å². The fourth-order valence-electron chi connectivity index (χ4n) is 2.19. The molecule has 3 aromatic carbocycles. The lowest BCUT2D eigenvalue weighted by atomic mass is 10.1. The van der Waals surface area contributed by atoms with Crippen molar-refractivity contribution in [3.05, 3.63) is 90.0 Å². The molecule has 3 rings (SSSR count). The Morgan fingerprint density at radius 3 is 2.29 bits per heavy atom. The maximum atomic E-state index is 12.3. The predicted molar refractivity (Wildman–Crippen MR) is 95.3 cm³/mol. The third-order valence-corrected chi connectivity index (χ3v) is 3.38. The molecule has 1 N–H and O–H groups in total. The average Bonchev–Trinajstić information content (AvgIpc) is 2.63. The summed E-state index contributed by atoms with van der Waals surface area (Å²) in [5.74, 6) is 3.77. The quantitative estimate of drug-likeness (QED) is 0.708. The van der Waals surface area contributed by atoms with E-state index in [1.54, 1.807) is 36.4 Å². The number of para-hydroxylation sites is 1. The number of carbonyl (C=O) groups excluding carboxylic acids is 1. The normalized spacial score (nSPS) is 9.79. The van der Waals surface area contributed by atoms with E-state index in [1.807, 2.05) is 42.5 Å². The van der Waals surface area contributed by atoms with E-state index in [0.29, 0.717) is 17.0 Å². The van der Waals surface area contributed by atoms with E-state index in [9.17, 15) is 4.79 Å². The van der Waals surface area contributed by atoms with E-state index >= 15 is 0 Å². The highest BCUT2D eigenvalue weighted by Gasteiger charge is 2.07. The topological polar surface area (TPSA) is 38.3 Å². The van der Waals surface area contributed by atoms with Gasteiger partial charge in [-0.05, 0) is 54.6 Å². The molecule has 0 saturated carbocycles. The number of ether oxygens (including phenoxy) is 1. The van der Waals surface area contributed by atoms with Crippen molar-refractivity contribution in [2.24, 2.45) is 0 Å². The summed E-state index contributed by atoms with van der Waals surface area (Å²) in [6, 6.07) is 23.6. The smallest absolute Gasteiger partial charge is 0.255 e. The molecule has 0 unspecified atom stereocenters. The van der Waals surface area contributed by atoms with Gasteiger partial charge in [0.15, 0.2) is 0 Å². The van der Waals surface area contributed by atoms with Gasteiger partial charge in [0.1, 0.15) is 11.5 Å². The third-order valence-electron chi connectivity index (χ3n) is 3.38. The average molecular weight is 313 g/mol. The first-order chi connectivity index (χ1) is 11.7. The van der Waals surface area contributed by atoms with Crippen LogP contribution >= 0.6 is 0 Å². The fraction of sp³-hybridized carbons (Fsp3) is 0. The van der Waals surface area contributed by atoms with Gasteiger partial charge in [-0.15, -0.1) is 6.42 Å². The van der Waals surface area contributed by atoms with Crippen LogP contribution in [0.3, 0.4) is 0 Å². The van der Waals surface area contributed by atoms with Crippen LogP contribution in [0.15, 0.2) is 78.9 Å². The van der Waals surface area contributed by atoms with Crippen LogP contribution < -0.4 is 10.1 Å². The Morgan fingerprint density at radius 1 is 0.875 bits per heavy atom. The highest BCUT2D eigenvalue weighted by atomic mass is 16.5. The first kappa shape index (κ1) is 15.4. The zero-order valence-corrected chi connectivity index (χ0v) is 12.9. The standard InChI is InChI=1S/C21H15NO2/c1-2-16-7-6-8-18(15-16)22-21(23)17-11-13-20(14-12-17)24-19-9-4-3-5-10-19/h1,3-15H,(H,22,23). The molecular formula is C21H15NO2. The van der Waals surface area contributed by atoms with Crippen molar-refractivity contribution in [2.45, 2.75) is 0 Å². The van der Waals surface area contributed by atoms with Gasteiger partial charge in [0.05, 0.1) is 0 Å². The number of hydrogen-bond acceptors (Lipinski definition) is 2. The molecule has 0 fully saturated rings. The number of amides is 1. The highest BCUT2D eigenvalue weighted by molar-refractivity contribution is 6.04. The first-order valence-corrected chi connectivity index (χ1v) is 7.45. The minimum Gasteiger partial charge on any atom is -0.457 e. The SMILES string of the molecule is C#Cc1cccc(NC(=O)c2ccc(Oc3ccccc3)cc2)c1. The summed E-state index contributed by atoms with van der Waals surface area (Å²) in [4.78, 5) is 12.3. The Morgan fingerprint density at radius 2 is 1.58 bits per heavy atom. The molecule has 3 heteroatoms. The Labute approximate surface area is 140 Å². The molecule has 0 atom stereocenters. The minimum absolute atomic E-state index is 0.199. The van der Waals surface area contributed by atoms with Gasteiger partial charge in [0.25, 0.3) is 5.91 Å². The van der Waals surface area contributed by atoms with E-state index in [2.05, 4.69) is 11.2 Å². The van der Waals surface area contributed by atoms with Crippen LogP contribution in [-0.4, -0.2) is 5.91 Å². The van der Waals surface area contributed by atoms with E-state index in [4.69, 9.17) is 11.2 Å². The zero-order valence-electron chi connectivity index (χ0n) is 12.9. The van der Waals surface area contributed by atoms with Crippen molar-refractivity contribution in [1.82, 2.24) is 0 Å². The first-order valence-electron chi connectivity index (χ1n) is 7.45. The van der Waals surface area contributed by atoms with Crippen molar-refractivity contribution >= 4 is 11.6 Å². The highest BCUT2D eigenvalue weighted by Crippen LogP contribution is 2.21. The maximum Gasteiger partial charge on any atom is 0.255 e. The van der Waals surface area contributed by atoms with Crippen molar-refractivity contribution in [3.8, 4) is 23.8 Å². The van der Waals surface area contributed by atoms with Crippen LogP contribution in [0, 0.1) is 12.3 Å². The molecule has 3 aromatic rings. The molecule has 0 bridgehead atoms. The Bertz CT molecular complexity index is 878. The zero-order chi connectivity index (χ0) is 16.8. The van der Waals surface area contributed by atoms with Gasteiger partial charge in [0.2, 0.25) is 0 Å². The molecule has 0 aliphatic carbocycles. The summed E-state index contributed by atoms with van der Waals surface area (Å²) in [5, 5.41) is 2.83. The van der Waals surface area contributed by atoms with Crippen LogP contribution in [0.2, 0.25) is 0 Å². The number of rotatable bonds is 4. The molecule has 1 amide bonds. The fourth-order valence-corrected chi connectivity index (χ4v) is 2.19. The lowest BCUT2D eigenvalue weighted by Gasteiger charge is -2.08.